The molecule has 0 aromatic carbocycles. The molecule has 0 amide bonds. The number of thiocarbonyl (C=S) groups is 1. The quantitative estimate of drug-likeness (QED) is 0.221. The minimum Gasteiger partial charge on any atom is -1.00 e. The van der Waals surface area contributed by atoms with Gasteiger partial charge in [-0.3, -0.25) is 0 Å². The number of likely N-dealkylation sites (N-methyl/N-ethyl adjacent to an activating group) is 2. The van der Waals surface area contributed by atoms with E-state index in [-0.39, 0.29) is 24.0 Å². The molecule has 13 heavy (non-hydrogen) atoms. The summed E-state index contributed by atoms with van der Waals surface area (Å²) in [5.74, 6) is 0. The number of hydrogen-bond acceptors (Lipinski definition) is 1. The van der Waals surface area contributed by atoms with Gasteiger partial charge in [-0.1, -0.05) is 12.2 Å². The van der Waals surface area contributed by atoms with Crippen molar-refractivity contribution in [2.45, 2.75) is 0 Å². The Balaban J connectivity index is 0. The molecule has 7 heteroatoms. The van der Waals surface area contributed by atoms with Crippen LogP contribution in [0.1, 0.15) is 0 Å². The lowest BCUT2D eigenvalue weighted by atomic mass is 10.4. The first-order valence-corrected chi connectivity index (χ1v) is 10.4. The first-order chi connectivity index (χ1) is 5.63. The maximum absolute atomic E-state index is 5.07. The Morgan fingerprint density at radius 2 is 1.92 bits per heavy atom. The molecular weight excluding hydrogens is 545 g/mol. The second kappa shape index (κ2) is 9.21. The number of halogens is 3. The summed E-state index contributed by atoms with van der Waals surface area (Å²) in [6.07, 6.45) is 0. The zero-order chi connectivity index (χ0) is 9.72. The Morgan fingerprint density at radius 3 is 2.31 bits per heavy atom. The molecule has 0 spiro atoms. The Morgan fingerprint density at radius 1 is 1.46 bits per heavy atom. The van der Waals surface area contributed by atoms with Gasteiger partial charge in [0.05, 0.1) is 6.54 Å². The molecule has 0 aromatic heterocycles. The molecule has 0 aromatic rings. The van der Waals surface area contributed by atoms with Crippen LogP contribution in [0.2, 0.25) is 0 Å². The summed E-state index contributed by atoms with van der Waals surface area (Å²) in [6, 6.07) is 0. The molecule has 0 saturated carbocycles. The molecule has 1 aliphatic rings. The smallest absolute Gasteiger partial charge is 0.301 e. The Bertz CT molecular complexity index is 208. The van der Waals surface area contributed by atoms with E-state index in [1.165, 1.54) is 0 Å². The van der Waals surface area contributed by atoms with Crippen molar-refractivity contribution in [2.75, 3.05) is 27.2 Å². The van der Waals surface area contributed by atoms with E-state index in [0.29, 0.717) is 0 Å². The van der Waals surface area contributed by atoms with Crippen LogP contribution in [0.4, 0.5) is 0 Å². The fraction of sp³-hybridized carbons (Fsp3) is 0.667. The molecule has 77 valence electrons. The van der Waals surface area contributed by atoms with Crippen LogP contribution in [0.5, 0.6) is 0 Å². The van der Waals surface area contributed by atoms with Crippen molar-refractivity contribution >= 4 is 72.1 Å². The monoisotopic (exact) mass is 555 g/mol. The summed E-state index contributed by atoms with van der Waals surface area (Å²) in [7, 11) is 3.95. The summed E-state index contributed by atoms with van der Waals surface area (Å²) >= 11 is 14.4. The lowest BCUT2D eigenvalue weighted by Crippen LogP contribution is -3.00. The highest BCUT2D eigenvalue weighted by Gasteiger charge is 2.23. The lowest BCUT2D eigenvalue weighted by Gasteiger charge is -2.20. The zero-order valence-electron chi connectivity index (χ0n) is 7.26. The highest BCUT2D eigenvalue weighted by Crippen LogP contribution is 2.00. The summed E-state index contributed by atoms with van der Waals surface area (Å²) in [4.78, 5) is 2.81. The molecule has 1 aliphatic heterocycles. The van der Waals surface area contributed by atoms with Crippen LogP contribution in [-0.2, 0) is 0 Å². The second-order valence-electron chi connectivity index (χ2n) is 2.45. The zero-order valence-corrected chi connectivity index (χ0v) is 15.4. The van der Waals surface area contributed by atoms with Crippen molar-refractivity contribution in [3.8, 4) is 0 Å². The Labute approximate surface area is 131 Å². The van der Waals surface area contributed by atoms with Crippen molar-refractivity contribution < 1.29 is 28.6 Å². The molecule has 1 heterocycles. The largest absolute Gasteiger partial charge is 1.00 e. The minimum absolute atomic E-state index is 0. The maximum atomic E-state index is 5.07. The minimum atomic E-state index is 0. The predicted octanol–water partition coefficient (Wildman–Crippen LogP) is -0.727. The van der Waals surface area contributed by atoms with E-state index in [0.717, 1.165) is 23.1 Å². The summed E-state index contributed by atoms with van der Waals surface area (Å²) in [6.45, 7) is 1.96. The normalized spacial score (nSPS) is 16.0. The van der Waals surface area contributed by atoms with Gasteiger partial charge in [-0.05, 0) is 12.6 Å². The van der Waals surface area contributed by atoms with Crippen molar-refractivity contribution in [1.82, 2.24) is 4.90 Å². The van der Waals surface area contributed by atoms with E-state index in [4.69, 9.17) is 24.8 Å². The average molecular weight is 555 g/mol. The molecule has 0 N–H and O–H groups in total. The topological polar surface area (TPSA) is 6.25 Å². The van der Waals surface area contributed by atoms with Crippen molar-refractivity contribution in [2.24, 2.45) is 0 Å². The molecular formula is C6H10I3N2S2. The molecule has 0 unspecified atom stereocenters. The van der Waals surface area contributed by atoms with E-state index in [2.05, 4.69) is 37.2 Å². The predicted molar refractivity (Wildman–Crippen MR) is 76.9 cm³/mol. The number of rotatable bonds is 0. The van der Waals surface area contributed by atoms with E-state index in [9.17, 15) is 0 Å². The third kappa shape index (κ3) is 5.56. The summed E-state index contributed by atoms with van der Waals surface area (Å²) in [5, 5.41) is 0.795. The van der Waals surface area contributed by atoms with Gasteiger partial charge < -0.3 is 28.9 Å². The highest BCUT2D eigenvalue weighted by molar-refractivity contribution is 15.0. The van der Waals surface area contributed by atoms with Gasteiger partial charge in [0, 0.05) is 44.3 Å². The highest BCUT2D eigenvalue weighted by atomic mass is 128. The van der Waals surface area contributed by atoms with Crippen LogP contribution < -0.4 is 24.0 Å². The van der Waals surface area contributed by atoms with E-state index < -0.39 is 0 Å². The maximum Gasteiger partial charge on any atom is 0.301 e. The van der Waals surface area contributed by atoms with E-state index >= 15 is 0 Å². The van der Waals surface area contributed by atoms with Gasteiger partial charge in [0.1, 0.15) is 7.05 Å². The summed E-state index contributed by atoms with van der Waals surface area (Å²) in [5.41, 5.74) is 0. The lowest BCUT2D eigenvalue weighted by molar-refractivity contribution is -0.495. The van der Waals surface area contributed by atoms with Crippen LogP contribution in [0, 0.1) is 0 Å². The van der Waals surface area contributed by atoms with Crippen LogP contribution in [0.15, 0.2) is 0 Å². The third-order valence-electron chi connectivity index (χ3n) is 1.65. The molecule has 0 saturated heterocycles. The molecule has 1 radical (unpaired) electrons. The van der Waals surface area contributed by atoms with Crippen LogP contribution in [0.3, 0.4) is 0 Å². The Kier molecular flexibility index (Phi) is 12.3. The molecule has 0 bridgehead atoms. The molecule has 0 fully saturated rings. The first kappa shape index (κ1) is 17.4. The average Bonchev–Trinajstić information content (AvgIpc) is 2.12. The van der Waals surface area contributed by atoms with Gasteiger partial charge in [0.25, 0.3) is 0 Å². The second-order valence-corrected chi connectivity index (χ2v) is 3.23. The van der Waals surface area contributed by atoms with Gasteiger partial charge >= 0.3 is 5.04 Å². The van der Waals surface area contributed by atoms with E-state index in [1.54, 1.807) is 0 Å². The van der Waals surface area contributed by atoms with Crippen molar-refractivity contribution in [1.29, 1.82) is 0 Å². The molecule has 2 nitrogen and oxygen atoms in total. The van der Waals surface area contributed by atoms with Gasteiger partial charge in [0.15, 0.2) is 11.5 Å². The van der Waals surface area contributed by atoms with Crippen LogP contribution in [-0.4, -0.2) is 46.7 Å². The molecule has 1 rings (SSSR count). The van der Waals surface area contributed by atoms with Crippen LogP contribution in [0.25, 0.3) is 0 Å². The SMILES string of the molecule is CN1CC[N+](C)=C([S])C1=S.II.[I-]. The van der Waals surface area contributed by atoms with Gasteiger partial charge in [-0.15, -0.1) is 0 Å². The fourth-order valence-corrected chi connectivity index (χ4v) is 1.32. The molecule has 0 aliphatic carbocycles. The molecule has 0 atom stereocenters. The number of hydrogen-bond donors (Lipinski definition) is 0. The Hall–Kier alpha value is 1.97. The van der Waals surface area contributed by atoms with Gasteiger partial charge in [0.2, 0.25) is 0 Å². The summed E-state index contributed by atoms with van der Waals surface area (Å²) < 4.78 is 2.01. The first-order valence-electron chi connectivity index (χ1n) is 3.28. The third-order valence-corrected chi connectivity index (χ3v) is 2.79. The fourth-order valence-electron chi connectivity index (χ4n) is 0.830. The van der Waals surface area contributed by atoms with Crippen LogP contribution >= 0.6 is 62.1 Å². The number of nitrogens with zero attached hydrogens (tertiary/aromatic N) is 2. The standard InChI is InChI=1S/C6H10N2S2.I2.HI/c1-7-3-4-8(2)6(10)5(7)9;1-2;/h3-4H2,1-2H3;;1H/q+1;;/p-1. The van der Waals surface area contributed by atoms with Crippen molar-refractivity contribution in [3.05, 3.63) is 0 Å². The van der Waals surface area contributed by atoms with E-state index in [1.807, 2.05) is 23.6 Å². The van der Waals surface area contributed by atoms with Crippen molar-refractivity contribution in [3.63, 3.8) is 0 Å². The van der Waals surface area contributed by atoms with Gasteiger partial charge in [-0.25, -0.2) is 4.58 Å². The van der Waals surface area contributed by atoms with Gasteiger partial charge in [-0.2, -0.15) is 0 Å².